The number of ether oxygens (including phenoxy) is 1. The first-order valence-electron chi connectivity index (χ1n) is 7.94. The lowest BCUT2D eigenvalue weighted by Crippen LogP contribution is -2.48. The van der Waals surface area contributed by atoms with E-state index < -0.39 is 0 Å². The van der Waals surface area contributed by atoms with Crippen molar-refractivity contribution in [1.82, 2.24) is 9.80 Å². The third-order valence-electron chi connectivity index (χ3n) is 3.94. The first-order chi connectivity index (χ1) is 10.1. The Labute approximate surface area is 128 Å². The van der Waals surface area contributed by atoms with Crippen LogP contribution in [0.3, 0.4) is 0 Å². The molecule has 1 aromatic carbocycles. The van der Waals surface area contributed by atoms with Gasteiger partial charge >= 0.3 is 0 Å². The molecule has 0 spiro atoms. The SMILES string of the molecule is CC(C)OCCN1CCN(C[C@@H](O)c2ccccc2)CC1. The quantitative estimate of drug-likeness (QED) is 0.831. The van der Waals surface area contributed by atoms with Gasteiger partial charge in [-0.25, -0.2) is 0 Å². The Morgan fingerprint density at radius 1 is 1.05 bits per heavy atom. The van der Waals surface area contributed by atoms with Crippen LogP contribution in [-0.2, 0) is 4.74 Å². The molecule has 2 rings (SSSR count). The van der Waals surface area contributed by atoms with Crippen molar-refractivity contribution in [3.05, 3.63) is 35.9 Å². The van der Waals surface area contributed by atoms with Crippen molar-refractivity contribution in [2.75, 3.05) is 45.9 Å². The second-order valence-corrected chi connectivity index (χ2v) is 5.99. The molecule has 0 saturated carbocycles. The van der Waals surface area contributed by atoms with Crippen LogP contribution in [0.1, 0.15) is 25.5 Å². The molecule has 0 unspecified atom stereocenters. The zero-order valence-electron chi connectivity index (χ0n) is 13.2. The molecule has 0 aliphatic carbocycles. The van der Waals surface area contributed by atoms with E-state index in [1.807, 2.05) is 30.3 Å². The van der Waals surface area contributed by atoms with Gasteiger partial charge in [0.2, 0.25) is 0 Å². The number of rotatable bonds is 7. The number of aliphatic hydroxyl groups excluding tert-OH is 1. The highest BCUT2D eigenvalue weighted by Gasteiger charge is 2.19. The van der Waals surface area contributed by atoms with Crippen molar-refractivity contribution in [2.45, 2.75) is 26.1 Å². The molecule has 1 fully saturated rings. The Morgan fingerprint density at radius 2 is 1.67 bits per heavy atom. The van der Waals surface area contributed by atoms with E-state index in [4.69, 9.17) is 4.74 Å². The van der Waals surface area contributed by atoms with E-state index >= 15 is 0 Å². The summed E-state index contributed by atoms with van der Waals surface area (Å²) >= 11 is 0. The van der Waals surface area contributed by atoms with Crippen LogP contribution in [0.5, 0.6) is 0 Å². The molecule has 4 heteroatoms. The topological polar surface area (TPSA) is 35.9 Å². The van der Waals surface area contributed by atoms with Crippen LogP contribution in [0.15, 0.2) is 30.3 Å². The Balaban J connectivity index is 1.67. The molecular weight excluding hydrogens is 264 g/mol. The molecule has 4 nitrogen and oxygen atoms in total. The van der Waals surface area contributed by atoms with E-state index in [0.717, 1.165) is 51.4 Å². The van der Waals surface area contributed by atoms with Crippen LogP contribution in [0, 0.1) is 0 Å². The summed E-state index contributed by atoms with van der Waals surface area (Å²) in [5, 5.41) is 10.3. The highest BCUT2D eigenvalue weighted by atomic mass is 16.5. The monoisotopic (exact) mass is 292 g/mol. The van der Waals surface area contributed by atoms with Gasteiger partial charge in [0.05, 0.1) is 18.8 Å². The first kappa shape index (κ1) is 16.4. The zero-order valence-corrected chi connectivity index (χ0v) is 13.2. The second kappa shape index (κ2) is 8.49. The summed E-state index contributed by atoms with van der Waals surface area (Å²) < 4.78 is 5.60. The third-order valence-corrected chi connectivity index (χ3v) is 3.94. The number of hydrogen-bond donors (Lipinski definition) is 1. The summed E-state index contributed by atoms with van der Waals surface area (Å²) in [7, 11) is 0. The standard InChI is InChI=1S/C17H28N2O2/c1-15(2)21-13-12-18-8-10-19(11-9-18)14-17(20)16-6-4-3-5-7-16/h3-7,15,17,20H,8-14H2,1-2H3/t17-/m1/s1. The van der Waals surface area contributed by atoms with Gasteiger partial charge in [-0.2, -0.15) is 0 Å². The van der Waals surface area contributed by atoms with Crippen molar-refractivity contribution < 1.29 is 9.84 Å². The van der Waals surface area contributed by atoms with Gasteiger partial charge in [0.1, 0.15) is 0 Å². The fraction of sp³-hybridized carbons (Fsp3) is 0.647. The smallest absolute Gasteiger partial charge is 0.0916 e. The van der Waals surface area contributed by atoms with E-state index in [0.29, 0.717) is 6.10 Å². The van der Waals surface area contributed by atoms with Gasteiger partial charge in [-0.1, -0.05) is 30.3 Å². The number of hydrogen-bond acceptors (Lipinski definition) is 4. The molecule has 1 N–H and O–H groups in total. The minimum Gasteiger partial charge on any atom is -0.387 e. The van der Waals surface area contributed by atoms with Gasteiger partial charge in [-0.05, 0) is 19.4 Å². The minimum absolute atomic E-state index is 0.312. The number of piperazine rings is 1. The van der Waals surface area contributed by atoms with E-state index in [9.17, 15) is 5.11 Å². The third kappa shape index (κ3) is 5.75. The number of nitrogens with zero attached hydrogens (tertiary/aromatic N) is 2. The molecule has 118 valence electrons. The summed E-state index contributed by atoms with van der Waals surface area (Å²) in [6.07, 6.45) is -0.0747. The van der Waals surface area contributed by atoms with Crippen LogP contribution >= 0.6 is 0 Å². The molecule has 0 radical (unpaired) electrons. The van der Waals surface area contributed by atoms with Gasteiger partial charge in [-0.15, -0.1) is 0 Å². The van der Waals surface area contributed by atoms with Crippen molar-refractivity contribution in [3.8, 4) is 0 Å². The van der Waals surface area contributed by atoms with Gasteiger partial charge in [0.25, 0.3) is 0 Å². The molecule has 0 amide bonds. The van der Waals surface area contributed by atoms with E-state index in [1.165, 1.54) is 0 Å². The average molecular weight is 292 g/mol. The number of aliphatic hydroxyl groups is 1. The maximum atomic E-state index is 10.3. The van der Waals surface area contributed by atoms with Crippen molar-refractivity contribution >= 4 is 0 Å². The molecule has 21 heavy (non-hydrogen) atoms. The maximum absolute atomic E-state index is 10.3. The molecule has 1 saturated heterocycles. The van der Waals surface area contributed by atoms with Crippen molar-refractivity contribution in [1.29, 1.82) is 0 Å². The highest BCUT2D eigenvalue weighted by Crippen LogP contribution is 2.14. The second-order valence-electron chi connectivity index (χ2n) is 5.99. The van der Waals surface area contributed by atoms with Crippen LogP contribution in [-0.4, -0.2) is 66.9 Å². The minimum atomic E-state index is -0.387. The summed E-state index contributed by atoms with van der Waals surface area (Å²) in [6.45, 7) is 10.8. The lowest BCUT2D eigenvalue weighted by Gasteiger charge is -2.35. The number of β-amino-alcohol motifs (C(OH)–C–C–N with tert-alkyl or cyclic N) is 1. The summed E-state index contributed by atoms with van der Waals surface area (Å²) in [4.78, 5) is 4.78. The van der Waals surface area contributed by atoms with Gasteiger partial charge in [-0.3, -0.25) is 9.80 Å². The fourth-order valence-electron chi connectivity index (χ4n) is 2.64. The van der Waals surface area contributed by atoms with Gasteiger partial charge in [0, 0.05) is 39.3 Å². The average Bonchev–Trinajstić information content (AvgIpc) is 2.49. The Bertz CT molecular complexity index is 389. The van der Waals surface area contributed by atoms with E-state index in [-0.39, 0.29) is 6.10 Å². The van der Waals surface area contributed by atoms with Crippen LogP contribution in [0.4, 0.5) is 0 Å². The summed E-state index contributed by atoms with van der Waals surface area (Å²) in [5.74, 6) is 0. The lowest BCUT2D eigenvalue weighted by atomic mass is 10.1. The van der Waals surface area contributed by atoms with Gasteiger partial charge in [0.15, 0.2) is 0 Å². The molecule has 0 bridgehead atoms. The fourth-order valence-corrected chi connectivity index (χ4v) is 2.64. The Kier molecular flexibility index (Phi) is 6.64. The predicted molar refractivity (Wildman–Crippen MR) is 85.4 cm³/mol. The molecular formula is C17H28N2O2. The zero-order chi connectivity index (χ0) is 15.1. The highest BCUT2D eigenvalue weighted by molar-refractivity contribution is 5.17. The Morgan fingerprint density at radius 3 is 2.29 bits per heavy atom. The van der Waals surface area contributed by atoms with Crippen molar-refractivity contribution in [2.24, 2.45) is 0 Å². The van der Waals surface area contributed by atoms with E-state index in [2.05, 4.69) is 23.6 Å². The maximum Gasteiger partial charge on any atom is 0.0916 e. The van der Waals surface area contributed by atoms with Crippen LogP contribution in [0.25, 0.3) is 0 Å². The molecule has 0 aromatic heterocycles. The van der Waals surface area contributed by atoms with Crippen molar-refractivity contribution in [3.63, 3.8) is 0 Å². The molecule has 1 aromatic rings. The summed E-state index contributed by atoms with van der Waals surface area (Å²) in [5.41, 5.74) is 1.00. The normalized spacial score (nSPS) is 19.0. The molecule has 1 aliphatic heterocycles. The lowest BCUT2D eigenvalue weighted by molar-refractivity contribution is 0.0347. The largest absolute Gasteiger partial charge is 0.387 e. The summed E-state index contributed by atoms with van der Waals surface area (Å²) in [6, 6.07) is 9.92. The molecule has 1 aliphatic rings. The number of benzene rings is 1. The van der Waals surface area contributed by atoms with Crippen LogP contribution in [0.2, 0.25) is 0 Å². The van der Waals surface area contributed by atoms with Gasteiger partial charge < -0.3 is 9.84 Å². The van der Waals surface area contributed by atoms with E-state index in [1.54, 1.807) is 0 Å². The Hall–Kier alpha value is -0.940. The predicted octanol–water partition coefficient (Wildman–Crippen LogP) is 1.76. The first-order valence-corrected chi connectivity index (χ1v) is 7.94. The molecule has 1 heterocycles. The molecule has 1 atom stereocenters. The van der Waals surface area contributed by atoms with Crippen LogP contribution < -0.4 is 0 Å².